The Morgan fingerprint density at radius 2 is 1.60 bits per heavy atom. The highest BCUT2D eigenvalue weighted by molar-refractivity contribution is 6.00. The molecule has 0 saturated carbocycles. The fourth-order valence-corrected chi connectivity index (χ4v) is 4.91. The van der Waals surface area contributed by atoms with Crippen molar-refractivity contribution >= 4 is 29.2 Å². The number of nitrogens with two attached hydrogens (primary N) is 1. The second kappa shape index (κ2) is 13.6. The van der Waals surface area contributed by atoms with Crippen LogP contribution in [0.5, 0.6) is 0 Å². The molecule has 43 heavy (non-hydrogen) atoms. The maximum absolute atomic E-state index is 14.0. The van der Waals surface area contributed by atoms with E-state index in [1.807, 2.05) is 18.2 Å². The van der Waals surface area contributed by atoms with Crippen molar-refractivity contribution in [1.29, 1.82) is 0 Å². The lowest BCUT2D eigenvalue weighted by Crippen LogP contribution is -2.56. The van der Waals surface area contributed by atoms with Crippen molar-refractivity contribution in [3.63, 3.8) is 0 Å². The van der Waals surface area contributed by atoms with Crippen LogP contribution in [0.15, 0.2) is 72.8 Å². The minimum Gasteiger partial charge on any atom is -0.342 e. The molecule has 0 aromatic heterocycles. The van der Waals surface area contributed by atoms with E-state index in [1.54, 1.807) is 36.4 Å². The molecule has 4 N–H and O–H groups in total. The number of carbonyl (C=O) groups is 4. The van der Waals surface area contributed by atoms with Crippen LogP contribution >= 0.6 is 0 Å². The van der Waals surface area contributed by atoms with Gasteiger partial charge in [-0.25, -0.2) is 4.39 Å². The normalized spacial score (nSPS) is 15.3. The Morgan fingerprint density at radius 3 is 2.26 bits per heavy atom. The van der Waals surface area contributed by atoms with E-state index >= 15 is 0 Å². The number of hydrogen-bond acceptors (Lipinski definition) is 5. The Kier molecular flexibility index (Phi) is 9.92. The number of hydrogen-bond donors (Lipinski definition) is 3. The Bertz CT molecular complexity index is 1500. The van der Waals surface area contributed by atoms with Crippen LogP contribution in [-0.4, -0.2) is 47.0 Å². The van der Waals surface area contributed by atoms with Gasteiger partial charge in [0, 0.05) is 37.1 Å². The number of anilines is 1. The molecular weight excluding hydrogens is 568 g/mol. The van der Waals surface area contributed by atoms with Crippen LogP contribution < -0.4 is 16.4 Å². The highest BCUT2D eigenvalue weighted by Crippen LogP contribution is 2.32. The molecule has 226 valence electrons. The Hall–Kier alpha value is -4.58. The van der Waals surface area contributed by atoms with Crippen LogP contribution in [0.3, 0.4) is 0 Å². The molecule has 0 radical (unpaired) electrons. The number of alkyl halides is 3. The molecule has 4 rings (SSSR count). The van der Waals surface area contributed by atoms with Crippen molar-refractivity contribution in [1.82, 2.24) is 10.2 Å². The topological polar surface area (TPSA) is 122 Å². The van der Waals surface area contributed by atoms with Crippen molar-refractivity contribution < 1.29 is 36.7 Å². The lowest BCUT2D eigenvalue weighted by molar-refractivity contribution is -0.142. The molecule has 3 aromatic carbocycles. The standard InChI is InChI=1S/C31H30F4N4O4/c32-24-17-22(10-11-23(24)31(33,34)35)37-29(42)25(14-15-36)38-30(43)26-16-20-8-4-5-9-21(20)18-39(26)28(41)13-12-27(40)19-6-2-1-3-7-19/h1-11,17,25-26H,12-16,18,36H2,(H,37,42)(H,38,43)/t25-,26-/m0/s1. The fraction of sp³-hybridized carbons (Fsp3) is 0.290. The van der Waals surface area contributed by atoms with E-state index in [1.165, 1.54) is 4.90 Å². The highest BCUT2D eigenvalue weighted by atomic mass is 19.4. The predicted molar refractivity (Wildman–Crippen MR) is 150 cm³/mol. The lowest BCUT2D eigenvalue weighted by atomic mass is 9.92. The molecular formula is C31H30F4N4O4. The van der Waals surface area contributed by atoms with Gasteiger partial charge < -0.3 is 21.3 Å². The molecule has 0 bridgehead atoms. The van der Waals surface area contributed by atoms with E-state index in [9.17, 15) is 36.7 Å². The number of nitrogens with one attached hydrogen (secondary N) is 2. The summed E-state index contributed by atoms with van der Waals surface area (Å²) in [5.74, 6) is -3.67. The minimum absolute atomic E-state index is 0.0303. The molecule has 0 spiro atoms. The third kappa shape index (κ3) is 7.83. The second-order valence-electron chi connectivity index (χ2n) is 10.1. The number of ketones is 1. The molecule has 0 fully saturated rings. The summed E-state index contributed by atoms with van der Waals surface area (Å²) in [4.78, 5) is 53.9. The van der Waals surface area contributed by atoms with Crippen LogP contribution in [-0.2, 0) is 33.5 Å². The average molecular weight is 599 g/mol. The van der Waals surface area contributed by atoms with Crippen molar-refractivity contribution in [2.75, 3.05) is 11.9 Å². The number of halogens is 4. The Morgan fingerprint density at radius 1 is 0.930 bits per heavy atom. The van der Waals surface area contributed by atoms with E-state index < -0.39 is 47.4 Å². The smallest absolute Gasteiger partial charge is 0.342 e. The van der Waals surface area contributed by atoms with Crippen molar-refractivity contribution in [3.8, 4) is 0 Å². The van der Waals surface area contributed by atoms with Crippen molar-refractivity contribution in [2.45, 2.75) is 50.5 Å². The summed E-state index contributed by atoms with van der Waals surface area (Å²) in [7, 11) is 0. The molecule has 1 heterocycles. The molecule has 3 aromatic rings. The number of Topliss-reactive ketones (excluding diaryl/α,β-unsaturated/α-hetero) is 1. The van der Waals surface area contributed by atoms with Gasteiger partial charge in [-0.1, -0.05) is 54.6 Å². The molecule has 0 unspecified atom stereocenters. The SMILES string of the molecule is NCC[C@H](NC(=O)[C@@H]1Cc2ccccc2CN1C(=O)CCC(=O)c1ccccc1)C(=O)Nc1ccc(C(F)(F)F)c(F)c1. The van der Waals surface area contributed by atoms with Crippen LogP contribution in [0.1, 0.15) is 46.3 Å². The predicted octanol–water partition coefficient (Wildman–Crippen LogP) is 4.23. The van der Waals surface area contributed by atoms with Gasteiger partial charge in [0.15, 0.2) is 5.78 Å². The Balaban J connectivity index is 1.48. The summed E-state index contributed by atoms with van der Waals surface area (Å²) in [5, 5.41) is 4.92. The zero-order chi connectivity index (χ0) is 31.1. The van der Waals surface area contributed by atoms with Crippen molar-refractivity contribution in [3.05, 3.63) is 101 Å². The van der Waals surface area contributed by atoms with Gasteiger partial charge in [-0.15, -0.1) is 0 Å². The van der Waals surface area contributed by atoms with Gasteiger partial charge in [-0.05, 0) is 42.3 Å². The number of benzene rings is 3. The van der Waals surface area contributed by atoms with E-state index in [0.717, 1.165) is 17.2 Å². The minimum atomic E-state index is -4.90. The molecule has 1 aliphatic heterocycles. The van der Waals surface area contributed by atoms with Crippen LogP contribution in [0.25, 0.3) is 0 Å². The first-order valence-corrected chi connectivity index (χ1v) is 13.6. The fourth-order valence-electron chi connectivity index (χ4n) is 4.91. The van der Waals surface area contributed by atoms with Crippen LogP contribution in [0, 0.1) is 5.82 Å². The molecule has 0 saturated heterocycles. The van der Waals surface area contributed by atoms with E-state index in [4.69, 9.17) is 5.73 Å². The zero-order valence-electron chi connectivity index (χ0n) is 23.0. The first-order valence-electron chi connectivity index (χ1n) is 13.6. The second-order valence-corrected chi connectivity index (χ2v) is 10.1. The first-order chi connectivity index (χ1) is 20.5. The van der Waals surface area contributed by atoms with Gasteiger partial charge >= 0.3 is 6.18 Å². The third-order valence-corrected chi connectivity index (χ3v) is 7.16. The quantitative estimate of drug-likeness (QED) is 0.238. The van der Waals surface area contributed by atoms with Crippen LogP contribution in [0.4, 0.5) is 23.2 Å². The van der Waals surface area contributed by atoms with Gasteiger partial charge in [0.25, 0.3) is 0 Å². The summed E-state index contributed by atoms with van der Waals surface area (Å²) in [5.41, 5.74) is 6.08. The Labute approximate surface area is 245 Å². The zero-order valence-corrected chi connectivity index (χ0v) is 23.0. The average Bonchev–Trinajstić information content (AvgIpc) is 2.98. The molecule has 12 heteroatoms. The summed E-state index contributed by atoms with van der Waals surface area (Å²) in [6.45, 7) is 0.0860. The number of rotatable bonds is 10. The molecule has 3 amide bonds. The number of nitrogens with zero attached hydrogens (tertiary/aromatic N) is 1. The number of fused-ring (bicyclic) bond motifs is 1. The van der Waals surface area contributed by atoms with Gasteiger partial charge in [0.2, 0.25) is 17.7 Å². The van der Waals surface area contributed by atoms with Crippen molar-refractivity contribution in [2.24, 2.45) is 5.73 Å². The monoisotopic (exact) mass is 598 g/mol. The van der Waals surface area contributed by atoms with Gasteiger partial charge in [-0.2, -0.15) is 13.2 Å². The molecule has 0 aliphatic carbocycles. The summed E-state index contributed by atoms with van der Waals surface area (Å²) in [6.07, 6.45) is -4.98. The molecule has 8 nitrogen and oxygen atoms in total. The number of amides is 3. The maximum atomic E-state index is 14.0. The van der Waals surface area contributed by atoms with Gasteiger partial charge in [0.1, 0.15) is 17.9 Å². The van der Waals surface area contributed by atoms with E-state index in [-0.39, 0.29) is 50.2 Å². The first kappa shape index (κ1) is 31.4. The van der Waals surface area contributed by atoms with Gasteiger partial charge in [0.05, 0.1) is 5.56 Å². The van der Waals surface area contributed by atoms with Crippen LogP contribution in [0.2, 0.25) is 0 Å². The third-order valence-electron chi connectivity index (χ3n) is 7.16. The molecule has 2 atom stereocenters. The highest BCUT2D eigenvalue weighted by Gasteiger charge is 2.37. The summed E-state index contributed by atoms with van der Waals surface area (Å²) in [6, 6.07) is 15.5. The maximum Gasteiger partial charge on any atom is 0.419 e. The summed E-state index contributed by atoms with van der Waals surface area (Å²) >= 11 is 0. The largest absolute Gasteiger partial charge is 0.419 e. The van der Waals surface area contributed by atoms with Gasteiger partial charge in [-0.3, -0.25) is 19.2 Å². The summed E-state index contributed by atoms with van der Waals surface area (Å²) < 4.78 is 52.7. The lowest BCUT2D eigenvalue weighted by Gasteiger charge is -2.36. The molecule has 1 aliphatic rings. The van der Waals surface area contributed by atoms with E-state index in [0.29, 0.717) is 17.7 Å². The van der Waals surface area contributed by atoms with E-state index in [2.05, 4.69) is 10.6 Å². The number of carbonyl (C=O) groups excluding carboxylic acids is 4.